The third-order valence-corrected chi connectivity index (χ3v) is 2.77. The topological polar surface area (TPSA) is 12.0 Å². The Morgan fingerprint density at radius 2 is 1.78 bits per heavy atom. The van der Waals surface area contributed by atoms with Crippen molar-refractivity contribution in [2.45, 2.75) is 13.5 Å². The highest BCUT2D eigenvalue weighted by atomic mass is 19.1. The summed E-state index contributed by atoms with van der Waals surface area (Å²) in [5.41, 5.74) is 2.18. The van der Waals surface area contributed by atoms with E-state index < -0.39 is 0 Å². The molecule has 0 aliphatic heterocycles. The summed E-state index contributed by atoms with van der Waals surface area (Å²) in [6, 6.07) is 11.2. The molecular formula is C15H15F2N. The average Bonchev–Trinajstić information content (AvgIpc) is 2.38. The van der Waals surface area contributed by atoms with Gasteiger partial charge in [0.1, 0.15) is 11.6 Å². The van der Waals surface area contributed by atoms with Crippen LogP contribution in [0.2, 0.25) is 0 Å². The van der Waals surface area contributed by atoms with Gasteiger partial charge in [0.15, 0.2) is 0 Å². The highest BCUT2D eigenvalue weighted by Gasteiger charge is 2.05. The van der Waals surface area contributed by atoms with E-state index in [1.54, 1.807) is 18.2 Å². The summed E-state index contributed by atoms with van der Waals surface area (Å²) in [6.07, 6.45) is 0. The second kappa shape index (κ2) is 5.74. The highest BCUT2D eigenvalue weighted by Crippen LogP contribution is 2.22. The normalized spacial score (nSPS) is 10.6. The molecule has 0 aliphatic carbocycles. The van der Waals surface area contributed by atoms with Crippen LogP contribution in [0.25, 0.3) is 11.1 Å². The molecule has 0 atom stereocenters. The van der Waals surface area contributed by atoms with Crippen molar-refractivity contribution in [1.29, 1.82) is 0 Å². The van der Waals surface area contributed by atoms with Crippen molar-refractivity contribution in [1.82, 2.24) is 5.32 Å². The third-order valence-electron chi connectivity index (χ3n) is 2.77. The number of hydrogen-bond donors (Lipinski definition) is 1. The van der Waals surface area contributed by atoms with Crippen LogP contribution in [-0.4, -0.2) is 6.54 Å². The minimum Gasteiger partial charge on any atom is -0.313 e. The molecule has 2 aromatic carbocycles. The largest absolute Gasteiger partial charge is 0.313 e. The van der Waals surface area contributed by atoms with Gasteiger partial charge in [-0.25, -0.2) is 8.78 Å². The van der Waals surface area contributed by atoms with E-state index in [-0.39, 0.29) is 11.6 Å². The summed E-state index contributed by atoms with van der Waals surface area (Å²) in [6.45, 7) is 3.23. The van der Waals surface area contributed by atoms with Crippen LogP contribution in [-0.2, 0) is 6.54 Å². The molecular weight excluding hydrogens is 232 g/mol. The molecule has 2 aromatic rings. The van der Waals surface area contributed by atoms with E-state index in [0.29, 0.717) is 12.1 Å². The first-order chi connectivity index (χ1) is 8.70. The SMILES string of the molecule is CCNCc1cc(-c2cccc(F)c2)ccc1F. The lowest BCUT2D eigenvalue weighted by atomic mass is 10.0. The van der Waals surface area contributed by atoms with Gasteiger partial charge in [-0.3, -0.25) is 0 Å². The average molecular weight is 247 g/mol. The smallest absolute Gasteiger partial charge is 0.127 e. The Morgan fingerprint density at radius 3 is 2.50 bits per heavy atom. The van der Waals surface area contributed by atoms with Crippen LogP contribution in [0, 0.1) is 11.6 Å². The maximum atomic E-state index is 13.6. The Labute approximate surface area is 105 Å². The van der Waals surface area contributed by atoms with Crippen molar-refractivity contribution in [3.63, 3.8) is 0 Å². The van der Waals surface area contributed by atoms with Gasteiger partial charge in [0.2, 0.25) is 0 Å². The van der Waals surface area contributed by atoms with Crippen LogP contribution < -0.4 is 5.32 Å². The van der Waals surface area contributed by atoms with Crippen LogP contribution in [0.1, 0.15) is 12.5 Å². The summed E-state index contributed by atoms with van der Waals surface area (Å²) in [5, 5.41) is 3.08. The van der Waals surface area contributed by atoms with Crippen LogP contribution in [0.15, 0.2) is 42.5 Å². The van der Waals surface area contributed by atoms with E-state index in [2.05, 4.69) is 5.32 Å². The van der Waals surface area contributed by atoms with Gasteiger partial charge in [-0.1, -0.05) is 25.1 Å². The lowest BCUT2D eigenvalue weighted by molar-refractivity contribution is 0.593. The predicted octanol–water partition coefficient (Wildman–Crippen LogP) is 3.74. The minimum absolute atomic E-state index is 0.240. The molecule has 0 saturated heterocycles. The van der Waals surface area contributed by atoms with Crippen molar-refractivity contribution < 1.29 is 8.78 Å². The lowest BCUT2D eigenvalue weighted by Crippen LogP contribution is -2.12. The molecule has 0 aliphatic rings. The molecule has 0 fully saturated rings. The fraction of sp³-hybridized carbons (Fsp3) is 0.200. The summed E-state index contributed by atoms with van der Waals surface area (Å²) in [4.78, 5) is 0. The first-order valence-corrected chi connectivity index (χ1v) is 5.96. The highest BCUT2D eigenvalue weighted by molar-refractivity contribution is 5.64. The fourth-order valence-electron chi connectivity index (χ4n) is 1.82. The van der Waals surface area contributed by atoms with Crippen LogP contribution in [0.4, 0.5) is 8.78 Å². The molecule has 0 unspecified atom stereocenters. The number of benzene rings is 2. The molecule has 94 valence electrons. The van der Waals surface area contributed by atoms with E-state index in [0.717, 1.165) is 17.7 Å². The Kier molecular flexibility index (Phi) is 4.05. The molecule has 0 spiro atoms. The number of rotatable bonds is 4. The van der Waals surface area contributed by atoms with Gasteiger partial charge in [-0.05, 0) is 41.9 Å². The van der Waals surface area contributed by atoms with E-state index in [1.807, 2.05) is 13.0 Å². The number of hydrogen-bond acceptors (Lipinski definition) is 1. The maximum absolute atomic E-state index is 13.6. The zero-order chi connectivity index (χ0) is 13.0. The molecule has 3 heteroatoms. The Hall–Kier alpha value is -1.74. The van der Waals surface area contributed by atoms with Crippen LogP contribution >= 0.6 is 0 Å². The van der Waals surface area contributed by atoms with Gasteiger partial charge in [-0.2, -0.15) is 0 Å². The second-order valence-corrected chi connectivity index (χ2v) is 4.10. The van der Waals surface area contributed by atoms with Gasteiger partial charge in [0, 0.05) is 12.1 Å². The van der Waals surface area contributed by atoms with E-state index in [9.17, 15) is 8.78 Å². The Morgan fingerprint density at radius 1 is 1.00 bits per heavy atom. The predicted molar refractivity (Wildman–Crippen MR) is 69.2 cm³/mol. The molecule has 1 N–H and O–H groups in total. The number of nitrogens with one attached hydrogen (secondary N) is 1. The van der Waals surface area contributed by atoms with Gasteiger partial charge in [-0.15, -0.1) is 0 Å². The van der Waals surface area contributed by atoms with Crippen molar-refractivity contribution in [2.24, 2.45) is 0 Å². The van der Waals surface area contributed by atoms with E-state index >= 15 is 0 Å². The van der Waals surface area contributed by atoms with Crippen molar-refractivity contribution in [3.05, 3.63) is 59.7 Å². The zero-order valence-electron chi connectivity index (χ0n) is 10.2. The van der Waals surface area contributed by atoms with Gasteiger partial charge in [0.25, 0.3) is 0 Å². The van der Waals surface area contributed by atoms with Crippen molar-refractivity contribution in [2.75, 3.05) is 6.54 Å². The minimum atomic E-state index is -0.287. The zero-order valence-corrected chi connectivity index (χ0v) is 10.2. The number of halogens is 2. The van der Waals surface area contributed by atoms with Crippen LogP contribution in [0.3, 0.4) is 0 Å². The Balaban J connectivity index is 2.34. The fourth-order valence-corrected chi connectivity index (χ4v) is 1.82. The van der Waals surface area contributed by atoms with Crippen LogP contribution in [0.5, 0.6) is 0 Å². The third kappa shape index (κ3) is 2.93. The first-order valence-electron chi connectivity index (χ1n) is 5.96. The summed E-state index contributed by atoms with van der Waals surface area (Å²) in [7, 11) is 0. The molecule has 0 bridgehead atoms. The van der Waals surface area contributed by atoms with E-state index in [1.165, 1.54) is 18.2 Å². The van der Waals surface area contributed by atoms with Gasteiger partial charge in [0.05, 0.1) is 0 Å². The molecule has 0 aromatic heterocycles. The summed E-state index contributed by atoms with van der Waals surface area (Å²) < 4.78 is 26.7. The molecule has 0 saturated carbocycles. The molecule has 0 amide bonds. The second-order valence-electron chi connectivity index (χ2n) is 4.10. The van der Waals surface area contributed by atoms with Crippen molar-refractivity contribution >= 4 is 0 Å². The summed E-state index contributed by atoms with van der Waals surface area (Å²) in [5.74, 6) is -0.527. The molecule has 2 rings (SSSR count). The first kappa shape index (κ1) is 12.7. The molecule has 1 nitrogen and oxygen atoms in total. The quantitative estimate of drug-likeness (QED) is 0.867. The summed E-state index contributed by atoms with van der Waals surface area (Å²) >= 11 is 0. The van der Waals surface area contributed by atoms with Crippen molar-refractivity contribution in [3.8, 4) is 11.1 Å². The molecule has 18 heavy (non-hydrogen) atoms. The van der Waals surface area contributed by atoms with E-state index in [4.69, 9.17) is 0 Å². The molecule has 0 radical (unpaired) electrons. The molecule has 0 heterocycles. The standard InChI is InChI=1S/C15H15F2N/c1-2-18-10-13-8-12(6-7-15(13)17)11-4-3-5-14(16)9-11/h3-9,18H,2,10H2,1H3. The lowest BCUT2D eigenvalue weighted by Gasteiger charge is -2.07. The van der Waals surface area contributed by atoms with Gasteiger partial charge >= 0.3 is 0 Å². The maximum Gasteiger partial charge on any atom is 0.127 e. The monoisotopic (exact) mass is 247 g/mol. The van der Waals surface area contributed by atoms with Gasteiger partial charge < -0.3 is 5.32 Å². The Bertz CT molecular complexity index is 538.